The first-order chi connectivity index (χ1) is 14.1. The van der Waals surface area contributed by atoms with E-state index in [1.54, 1.807) is 6.07 Å². The van der Waals surface area contributed by atoms with Gasteiger partial charge in [0, 0.05) is 17.5 Å². The number of aromatic nitrogens is 3. The van der Waals surface area contributed by atoms with E-state index in [0.717, 1.165) is 64.9 Å². The molecule has 1 atom stereocenters. The van der Waals surface area contributed by atoms with Crippen LogP contribution in [0, 0.1) is 5.82 Å². The van der Waals surface area contributed by atoms with E-state index in [-0.39, 0.29) is 29.2 Å². The number of nitrogens with one attached hydrogen (secondary N) is 1. The van der Waals surface area contributed by atoms with Gasteiger partial charge in [-0.05, 0) is 60.2 Å². The van der Waals surface area contributed by atoms with Crippen LogP contribution in [-0.4, -0.2) is 14.8 Å². The maximum absolute atomic E-state index is 13.8. The van der Waals surface area contributed by atoms with Gasteiger partial charge in [0.05, 0.1) is 17.3 Å². The first-order valence-corrected chi connectivity index (χ1v) is 10.4. The molecule has 0 spiro atoms. The van der Waals surface area contributed by atoms with Crippen LogP contribution in [-0.2, 0) is 13.1 Å². The second-order valence-corrected chi connectivity index (χ2v) is 8.30. The van der Waals surface area contributed by atoms with Gasteiger partial charge in [0.1, 0.15) is 11.6 Å². The van der Waals surface area contributed by atoms with Gasteiger partial charge < -0.3 is 5.32 Å². The zero-order valence-corrected chi connectivity index (χ0v) is 18.4. The summed E-state index contributed by atoms with van der Waals surface area (Å²) >= 11 is 12.4. The van der Waals surface area contributed by atoms with E-state index in [1.807, 2.05) is 24.3 Å². The van der Waals surface area contributed by atoms with Gasteiger partial charge in [-0.3, -0.25) is 4.57 Å². The summed E-state index contributed by atoms with van der Waals surface area (Å²) in [7, 11) is 0. The first kappa shape index (κ1) is 21.3. The Balaban J connectivity index is 0.00000218. The van der Waals surface area contributed by atoms with Crippen molar-refractivity contribution in [2.45, 2.75) is 38.3 Å². The summed E-state index contributed by atoms with van der Waals surface area (Å²) in [4.78, 5) is 0. The average Bonchev–Trinajstić information content (AvgIpc) is 3.06. The number of rotatable bonds is 2. The van der Waals surface area contributed by atoms with Crippen molar-refractivity contribution in [2.75, 3.05) is 0 Å². The van der Waals surface area contributed by atoms with Crippen LogP contribution in [0.2, 0.25) is 10.0 Å². The lowest BCUT2D eigenvalue weighted by Gasteiger charge is -2.23. The molecule has 5 rings (SSSR count). The molecule has 30 heavy (non-hydrogen) atoms. The number of hydrogen-bond acceptors (Lipinski definition) is 3. The lowest BCUT2D eigenvalue weighted by atomic mass is 9.86. The maximum atomic E-state index is 13.8. The molecule has 3 aromatic rings. The second-order valence-electron chi connectivity index (χ2n) is 7.49. The molecule has 0 saturated heterocycles. The Labute approximate surface area is 190 Å². The van der Waals surface area contributed by atoms with E-state index >= 15 is 0 Å². The van der Waals surface area contributed by atoms with Gasteiger partial charge in [-0.1, -0.05) is 41.4 Å². The highest BCUT2D eigenvalue weighted by atomic mass is 35.5. The summed E-state index contributed by atoms with van der Waals surface area (Å²) in [6.45, 7) is 1.40. The molecule has 8 heteroatoms. The molecule has 1 aromatic heterocycles. The van der Waals surface area contributed by atoms with Crippen LogP contribution in [0.15, 0.2) is 42.5 Å². The minimum Gasteiger partial charge on any atom is -0.306 e. The zero-order valence-electron chi connectivity index (χ0n) is 16.0. The van der Waals surface area contributed by atoms with E-state index in [0.29, 0.717) is 6.54 Å². The third kappa shape index (κ3) is 3.76. The zero-order chi connectivity index (χ0) is 20.0. The fourth-order valence-electron chi connectivity index (χ4n) is 4.26. The Morgan fingerprint density at radius 1 is 1.10 bits per heavy atom. The van der Waals surface area contributed by atoms with Crippen molar-refractivity contribution in [1.29, 1.82) is 0 Å². The van der Waals surface area contributed by atoms with Crippen molar-refractivity contribution >= 4 is 41.2 Å². The van der Waals surface area contributed by atoms with Gasteiger partial charge in [-0.15, -0.1) is 22.6 Å². The van der Waals surface area contributed by atoms with Gasteiger partial charge >= 0.3 is 0 Å². The van der Waals surface area contributed by atoms with Crippen LogP contribution >= 0.6 is 35.6 Å². The van der Waals surface area contributed by atoms with Gasteiger partial charge in [0.25, 0.3) is 0 Å². The summed E-state index contributed by atoms with van der Waals surface area (Å²) in [6.07, 6.45) is 4.71. The number of allylic oxidation sites excluding steroid dienone is 2. The van der Waals surface area contributed by atoms with Crippen molar-refractivity contribution in [3.8, 4) is 5.69 Å². The largest absolute Gasteiger partial charge is 0.306 e. The smallest absolute Gasteiger partial charge is 0.151 e. The first-order valence-electron chi connectivity index (χ1n) is 9.69. The summed E-state index contributed by atoms with van der Waals surface area (Å²) in [5, 5.41) is 13.3. The molecule has 2 heterocycles. The molecule has 0 amide bonds. The van der Waals surface area contributed by atoms with Crippen molar-refractivity contribution < 1.29 is 4.39 Å². The van der Waals surface area contributed by atoms with Crippen LogP contribution in [0.4, 0.5) is 4.39 Å². The van der Waals surface area contributed by atoms with E-state index < -0.39 is 0 Å². The third-order valence-corrected chi connectivity index (χ3v) is 6.33. The third-order valence-electron chi connectivity index (χ3n) is 5.71. The molecule has 0 radical (unpaired) electrons. The summed E-state index contributed by atoms with van der Waals surface area (Å²) < 4.78 is 16.0. The van der Waals surface area contributed by atoms with E-state index in [1.165, 1.54) is 6.07 Å². The molecular formula is C22H20Cl3FN4. The highest BCUT2D eigenvalue weighted by Crippen LogP contribution is 2.39. The van der Waals surface area contributed by atoms with Crippen LogP contribution in [0.1, 0.15) is 48.0 Å². The molecule has 0 saturated carbocycles. The normalized spacial score (nSPS) is 18.0. The van der Waals surface area contributed by atoms with Crippen LogP contribution in [0.5, 0.6) is 0 Å². The number of benzene rings is 2. The van der Waals surface area contributed by atoms with Crippen molar-refractivity contribution in [3.63, 3.8) is 0 Å². The van der Waals surface area contributed by atoms with Crippen molar-refractivity contribution in [3.05, 3.63) is 81.1 Å². The van der Waals surface area contributed by atoms with E-state index in [4.69, 9.17) is 23.2 Å². The molecule has 2 aromatic carbocycles. The van der Waals surface area contributed by atoms with Gasteiger partial charge in [-0.2, -0.15) is 0 Å². The predicted molar refractivity (Wildman–Crippen MR) is 120 cm³/mol. The Kier molecular flexibility index (Phi) is 6.16. The molecule has 4 nitrogen and oxygen atoms in total. The number of halogens is 4. The molecule has 1 aliphatic carbocycles. The van der Waals surface area contributed by atoms with Crippen LogP contribution in [0.3, 0.4) is 0 Å². The number of hydrogen-bond donors (Lipinski definition) is 1. The predicted octanol–water partition coefficient (Wildman–Crippen LogP) is 6.09. The molecule has 2 aliphatic rings. The summed E-state index contributed by atoms with van der Waals surface area (Å²) in [5.74, 6) is 1.74. The Morgan fingerprint density at radius 2 is 1.97 bits per heavy atom. The van der Waals surface area contributed by atoms with Gasteiger partial charge in [0.2, 0.25) is 0 Å². The molecule has 0 fully saturated rings. The lowest BCUT2D eigenvalue weighted by Crippen LogP contribution is -2.13. The fourth-order valence-corrected chi connectivity index (χ4v) is 4.70. The highest BCUT2D eigenvalue weighted by molar-refractivity contribution is 6.32. The van der Waals surface area contributed by atoms with Crippen molar-refractivity contribution in [1.82, 2.24) is 20.1 Å². The standard InChI is InChI=1S/C22H19Cl2FN4.ClH/c23-16-8-9-19-15(10-16)11-26-12-20-27-28-22(29(19)20)14-6-4-13(5-7-14)17-2-1-3-18(25)21(17)24;/h1-4,8-10,14,26H,5-7,11-12H2;1H. The van der Waals surface area contributed by atoms with Crippen LogP contribution in [0.25, 0.3) is 11.3 Å². The SMILES string of the molecule is Cl.Fc1cccc(C2=CCC(c3nnc4n3-c3ccc(Cl)cc3CNC4)CC2)c1Cl. The minimum atomic E-state index is -0.377. The maximum Gasteiger partial charge on any atom is 0.151 e. The molecular weight excluding hydrogens is 446 g/mol. The molecule has 1 aliphatic heterocycles. The minimum absolute atomic E-state index is 0. The average molecular weight is 466 g/mol. The Hall–Kier alpha value is -1.92. The Morgan fingerprint density at radius 3 is 2.77 bits per heavy atom. The Bertz CT molecular complexity index is 1130. The molecule has 156 valence electrons. The fraction of sp³-hybridized carbons (Fsp3) is 0.273. The number of fused-ring (bicyclic) bond motifs is 3. The van der Waals surface area contributed by atoms with E-state index in [9.17, 15) is 4.39 Å². The number of nitrogens with zero attached hydrogens (tertiary/aromatic N) is 3. The van der Waals surface area contributed by atoms with Crippen molar-refractivity contribution in [2.24, 2.45) is 0 Å². The topological polar surface area (TPSA) is 42.7 Å². The van der Waals surface area contributed by atoms with Gasteiger partial charge in [-0.25, -0.2) is 4.39 Å². The lowest BCUT2D eigenvalue weighted by molar-refractivity contribution is 0.576. The van der Waals surface area contributed by atoms with Crippen LogP contribution < -0.4 is 5.32 Å². The quantitative estimate of drug-likeness (QED) is 0.498. The molecule has 1 unspecified atom stereocenters. The summed E-state index contributed by atoms with van der Waals surface area (Å²) in [6, 6.07) is 10.9. The molecule has 0 bridgehead atoms. The van der Waals surface area contributed by atoms with Gasteiger partial charge in [0.15, 0.2) is 5.82 Å². The monoisotopic (exact) mass is 464 g/mol. The second kappa shape index (κ2) is 8.67. The molecule has 1 N–H and O–H groups in total. The summed E-state index contributed by atoms with van der Waals surface area (Å²) in [5.41, 5.74) is 4.10. The van der Waals surface area contributed by atoms with E-state index in [2.05, 4.69) is 26.2 Å². The highest BCUT2D eigenvalue weighted by Gasteiger charge is 2.27.